The Bertz CT molecular complexity index is 237. The fraction of sp³-hybridized carbons (Fsp3) is 0.909. The Labute approximate surface area is 84.9 Å². The second kappa shape index (κ2) is 3.54. The average molecular weight is 197 g/mol. The highest BCUT2D eigenvalue weighted by molar-refractivity contribution is 5.71. The molecule has 3 heteroatoms. The zero-order chi connectivity index (χ0) is 10.2. The lowest BCUT2D eigenvalue weighted by Crippen LogP contribution is -2.35. The standard InChI is InChI=1S/C11H19NO2/c1-11(5-8-3-2-4-8)7-12-6-9(11)10(13)14/h8-9,12H,2-7H2,1H3,(H,13,14). The van der Waals surface area contributed by atoms with Crippen molar-refractivity contribution >= 4 is 5.97 Å². The number of rotatable bonds is 3. The van der Waals surface area contributed by atoms with Crippen molar-refractivity contribution in [2.75, 3.05) is 13.1 Å². The first-order valence-electron chi connectivity index (χ1n) is 5.55. The number of hydrogen-bond donors (Lipinski definition) is 2. The van der Waals surface area contributed by atoms with Gasteiger partial charge in [0, 0.05) is 13.1 Å². The van der Waals surface area contributed by atoms with Crippen LogP contribution in [0.25, 0.3) is 0 Å². The molecule has 2 atom stereocenters. The fourth-order valence-corrected chi connectivity index (χ4v) is 2.83. The van der Waals surface area contributed by atoms with Gasteiger partial charge in [0.1, 0.15) is 0 Å². The lowest BCUT2D eigenvalue weighted by molar-refractivity contribution is -0.144. The van der Waals surface area contributed by atoms with Gasteiger partial charge in [-0.1, -0.05) is 26.2 Å². The Balaban J connectivity index is 2.00. The number of aliphatic carboxylic acids is 1. The largest absolute Gasteiger partial charge is 0.481 e. The van der Waals surface area contributed by atoms with Crippen molar-refractivity contribution in [2.45, 2.75) is 32.6 Å². The van der Waals surface area contributed by atoms with E-state index in [0.717, 1.165) is 18.9 Å². The molecular weight excluding hydrogens is 178 g/mol. The maximum atomic E-state index is 11.1. The van der Waals surface area contributed by atoms with Crippen molar-refractivity contribution in [2.24, 2.45) is 17.3 Å². The summed E-state index contributed by atoms with van der Waals surface area (Å²) in [6, 6.07) is 0. The van der Waals surface area contributed by atoms with Crippen molar-refractivity contribution in [1.82, 2.24) is 5.32 Å². The molecule has 2 rings (SSSR count). The summed E-state index contributed by atoms with van der Waals surface area (Å²) in [6.07, 6.45) is 5.05. The summed E-state index contributed by atoms with van der Waals surface area (Å²) in [7, 11) is 0. The summed E-state index contributed by atoms with van der Waals surface area (Å²) in [6.45, 7) is 3.66. The molecule has 0 amide bonds. The van der Waals surface area contributed by atoms with Gasteiger partial charge < -0.3 is 10.4 Å². The highest BCUT2D eigenvalue weighted by Gasteiger charge is 2.44. The summed E-state index contributed by atoms with van der Waals surface area (Å²) >= 11 is 0. The Morgan fingerprint density at radius 3 is 2.79 bits per heavy atom. The Hall–Kier alpha value is -0.570. The fourth-order valence-electron chi connectivity index (χ4n) is 2.83. The van der Waals surface area contributed by atoms with Crippen LogP contribution in [-0.2, 0) is 4.79 Å². The van der Waals surface area contributed by atoms with E-state index in [0.29, 0.717) is 6.54 Å². The van der Waals surface area contributed by atoms with Crippen LogP contribution in [0, 0.1) is 17.3 Å². The summed E-state index contributed by atoms with van der Waals surface area (Å²) < 4.78 is 0. The molecule has 1 saturated carbocycles. The summed E-state index contributed by atoms with van der Waals surface area (Å²) in [4.78, 5) is 11.1. The average Bonchev–Trinajstić information content (AvgIpc) is 2.41. The lowest BCUT2D eigenvalue weighted by atomic mass is 9.68. The van der Waals surface area contributed by atoms with Crippen LogP contribution in [0.4, 0.5) is 0 Å². The summed E-state index contributed by atoms with van der Waals surface area (Å²) in [5.74, 6) is -0.0123. The van der Waals surface area contributed by atoms with E-state index < -0.39 is 5.97 Å². The molecule has 2 unspecified atom stereocenters. The summed E-state index contributed by atoms with van der Waals surface area (Å²) in [5.41, 5.74) is -0.00306. The molecule has 14 heavy (non-hydrogen) atoms. The molecule has 1 saturated heterocycles. The Morgan fingerprint density at radius 2 is 2.29 bits per heavy atom. The van der Waals surface area contributed by atoms with E-state index in [2.05, 4.69) is 12.2 Å². The number of hydrogen-bond acceptors (Lipinski definition) is 2. The smallest absolute Gasteiger partial charge is 0.308 e. The SMILES string of the molecule is CC1(CC2CCC2)CNCC1C(=O)O. The molecule has 0 aromatic heterocycles. The van der Waals surface area contributed by atoms with Gasteiger partial charge in [0.2, 0.25) is 0 Å². The Morgan fingerprint density at radius 1 is 1.57 bits per heavy atom. The van der Waals surface area contributed by atoms with Gasteiger partial charge in [-0.05, 0) is 17.8 Å². The van der Waals surface area contributed by atoms with Crippen molar-refractivity contribution in [3.63, 3.8) is 0 Å². The minimum absolute atomic E-state index is 0.00306. The van der Waals surface area contributed by atoms with Crippen molar-refractivity contribution in [1.29, 1.82) is 0 Å². The third-order valence-corrected chi connectivity index (χ3v) is 4.00. The normalized spacial score (nSPS) is 38.2. The number of carboxylic acids is 1. The second-order valence-electron chi connectivity index (χ2n) is 5.18. The first-order chi connectivity index (χ1) is 6.62. The molecule has 2 N–H and O–H groups in total. The number of carboxylic acid groups (broad SMARTS) is 1. The highest BCUT2D eigenvalue weighted by atomic mass is 16.4. The van der Waals surface area contributed by atoms with E-state index in [-0.39, 0.29) is 11.3 Å². The predicted octanol–water partition coefficient (Wildman–Crippen LogP) is 1.49. The molecule has 0 aromatic rings. The van der Waals surface area contributed by atoms with Gasteiger partial charge >= 0.3 is 5.97 Å². The van der Waals surface area contributed by atoms with E-state index >= 15 is 0 Å². The molecule has 1 aliphatic carbocycles. The molecule has 2 fully saturated rings. The van der Waals surface area contributed by atoms with Crippen LogP contribution < -0.4 is 5.32 Å². The van der Waals surface area contributed by atoms with Gasteiger partial charge in [-0.25, -0.2) is 0 Å². The molecule has 1 aliphatic heterocycles. The van der Waals surface area contributed by atoms with Crippen LogP contribution in [0.2, 0.25) is 0 Å². The number of carbonyl (C=O) groups is 1. The minimum atomic E-state index is -0.628. The Kier molecular flexibility index (Phi) is 2.52. The molecule has 0 radical (unpaired) electrons. The highest BCUT2D eigenvalue weighted by Crippen LogP contribution is 2.43. The van der Waals surface area contributed by atoms with Gasteiger partial charge in [-0.15, -0.1) is 0 Å². The van der Waals surface area contributed by atoms with E-state index in [9.17, 15) is 4.79 Å². The molecule has 80 valence electrons. The van der Waals surface area contributed by atoms with Crippen LogP contribution in [0.5, 0.6) is 0 Å². The van der Waals surface area contributed by atoms with Gasteiger partial charge in [0.05, 0.1) is 5.92 Å². The summed E-state index contributed by atoms with van der Waals surface area (Å²) in [5, 5.41) is 12.3. The minimum Gasteiger partial charge on any atom is -0.481 e. The van der Waals surface area contributed by atoms with Crippen LogP contribution in [-0.4, -0.2) is 24.2 Å². The second-order valence-corrected chi connectivity index (χ2v) is 5.18. The van der Waals surface area contributed by atoms with E-state index in [1.54, 1.807) is 0 Å². The molecule has 1 heterocycles. The molecule has 3 nitrogen and oxygen atoms in total. The third-order valence-electron chi connectivity index (χ3n) is 4.00. The van der Waals surface area contributed by atoms with E-state index in [4.69, 9.17) is 5.11 Å². The predicted molar refractivity (Wildman–Crippen MR) is 54.1 cm³/mol. The molecular formula is C11H19NO2. The van der Waals surface area contributed by atoms with Crippen LogP contribution in [0.3, 0.4) is 0 Å². The maximum absolute atomic E-state index is 11.1. The van der Waals surface area contributed by atoms with E-state index in [1.807, 2.05) is 0 Å². The van der Waals surface area contributed by atoms with Gasteiger partial charge in [-0.3, -0.25) is 4.79 Å². The zero-order valence-corrected chi connectivity index (χ0v) is 8.75. The van der Waals surface area contributed by atoms with Gasteiger partial charge in [-0.2, -0.15) is 0 Å². The van der Waals surface area contributed by atoms with Crippen molar-refractivity contribution in [3.8, 4) is 0 Å². The quantitative estimate of drug-likeness (QED) is 0.720. The molecule has 0 spiro atoms. The van der Waals surface area contributed by atoms with Crippen LogP contribution >= 0.6 is 0 Å². The monoisotopic (exact) mass is 197 g/mol. The third kappa shape index (κ3) is 1.65. The topological polar surface area (TPSA) is 49.3 Å². The first kappa shape index (κ1) is 9.97. The maximum Gasteiger partial charge on any atom is 0.308 e. The zero-order valence-electron chi connectivity index (χ0n) is 8.75. The molecule has 0 aromatic carbocycles. The van der Waals surface area contributed by atoms with Crippen LogP contribution in [0.15, 0.2) is 0 Å². The van der Waals surface area contributed by atoms with Crippen molar-refractivity contribution in [3.05, 3.63) is 0 Å². The van der Waals surface area contributed by atoms with Crippen molar-refractivity contribution < 1.29 is 9.90 Å². The van der Waals surface area contributed by atoms with Gasteiger partial charge in [0.15, 0.2) is 0 Å². The van der Waals surface area contributed by atoms with Gasteiger partial charge in [0.25, 0.3) is 0 Å². The molecule has 2 aliphatic rings. The number of nitrogens with one attached hydrogen (secondary N) is 1. The molecule has 0 bridgehead atoms. The van der Waals surface area contributed by atoms with Crippen LogP contribution in [0.1, 0.15) is 32.6 Å². The lowest BCUT2D eigenvalue weighted by Gasteiger charge is -2.36. The first-order valence-corrected chi connectivity index (χ1v) is 5.55. The van der Waals surface area contributed by atoms with E-state index in [1.165, 1.54) is 19.3 Å².